The van der Waals surface area contributed by atoms with Crippen LogP contribution in [0, 0.1) is 5.41 Å². The Kier molecular flexibility index (Phi) is 5.39. The number of amides is 5. The van der Waals surface area contributed by atoms with E-state index in [1.165, 1.54) is 4.90 Å². The zero-order valence-corrected chi connectivity index (χ0v) is 18.0. The van der Waals surface area contributed by atoms with Crippen LogP contribution in [0.3, 0.4) is 0 Å². The number of carbonyl (C=O) groups excluding carboxylic acids is 4. The van der Waals surface area contributed by atoms with Gasteiger partial charge < -0.3 is 20.2 Å². The van der Waals surface area contributed by atoms with Crippen molar-refractivity contribution in [2.24, 2.45) is 5.41 Å². The minimum atomic E-state index is -1.21. The van der Waals surface area contributed by atoms with Crippen molar-refractivity contribution in [3.63, 3.8) is 0 Å². The Morgan fingerprint density at radius 3 is 2.38 bits per heavy atom. The van der Waals surface area contributed by atoms with Crippen LogP contribution in [0.2, 0.25) is 0 Å². The van der Waals surface area contributed by atoms with Gasteiger partial charge in [-0.3, -0.25) is 14.4 Å². The number of nitrogens with zero attached hydrogens (tertiary/aromatic N) is 3. The fourth-order valence-corrected chi connectivity index (χ4v) is 4.47. The van der Waals surface area contributed by atoms with Crippen LogP contribution in [-0.2, 0) is 25.6 Å². The van der Waals surface area contributed by atoms with Gasteiger partial charge in [-0.05, 0) is 43.4 Å². The van der Waals surface area contributed by atoms with Crippen molar-refractivity contribution in [2.75, 3.05) is 25.5 Å². The Bertz CT molecular complexity index is 963. The Hall–Kier alpha value is -3.43. The first-order valence-electron chi connectivity index (χ1n) is 10.6. The number of fused-ring (bicyclic) bond motifs is 1. The Morgan fingerprint density at radius 2 is 1.84 bits per heavy atom. The van der Waals surface area contributed by atoms with Gasteiger partial charge in [-0.2, -0.15) is 0 Å². The fraction of sp³-hybridized carbons (Fsp3) is 0.500. The Balaban J connectivity index is 1.44. The van der Waals surface area contributed by atoms with E-state index in [4.69, 9.17) is 0 Å². The van der Waals surface area contributed by atoms with Gasteiger partial charge in [0.25, 0.3) is 5.91 Å². The van der Waals surface area contributed by atoms with Crippen molar-refractivity contribution in [1.29, 1.82) is 0 Å². The summed E-state index contributed by atoms with van der Waals surface area (Å²) in [5.41, 5.74) is -0.127. The van der Waals surface area contributed by atoms with Crippen molar-refractivity contribution in [3.8, 4) is 0 Å². The molecule has 5 amide bonds. The number of carbonyl (C=O) groups is 5. The molecule has 1 saturated carbocycles. The number of hydrogen-bond donors (Lipinski definition) is 2. The topological polar surface area (TPSA) is 127 Å². The smallest absolute Gasteiger partial charge is 0.332 e. The molecule has 4 rings (SSSR count). The second kappa shape index (κ2) is 7.92. The molecule has 3 fully saturated rings. The molecule has 0 bridgehead atoms. The molecule has 0 spiro atoms. The molecule has 0 aromatic heterocycles. The van der Waals surface area contributed by atoms with Crippen LogP contribution < -0.4 is 10.2 Å². The molecule has 2 atom stereocenters. The summed E-state index contributed by atoms with van der Waals surface area (Å²) in [6, 6.07) is 4.55. The predicted octanol–water partition coefficient (Wildman–Crippen LogP) is 0.598. The number of carboxylic acid groups (broad SMARTS) is 1. The zero-order chi connectivity index (χ0) is 23.2. The molecule has 32 heavy (non-hydrogen) atoms. The summed E-state index contributed by atoms with van der Waals surface area (Å²) in [4.78, 5) is 65.9. The summed E-state index contributed by atoms with van der Waals surface area (Å²) in [6.45, 7) is 0.571. The van der Waals surface area contributed by atoms with Crippen LogP contribution in [0.1, 0.15) is 31.2 Å². The maximum Gasteiger partial charge on any atom is 0.332 e. The van der Waals surface area contributed by atoms with Gasteiger partial charge >= 0.3 is 12.0 Å². The van der Waals surface area contributed by atoms with Crippen molar-refractivity contribution in [1.82, 2.24) is 15.1 Å². The number of aliphatic carboxylic acids is 1. The maximum atomic E-state index is 12.7. The molecule has 1 aliphatic carbocycles. The van der Waals surface area contributed by atoms with Gasteiger partial charge in [0.2, 0.25) is 11.8 Å². The Labute approximate surface area is 185 Å². The van der Waals surface area contributed by atoms with E-state index in [0.717, 1.165) is 11.3 Å². The van der Waals surface area contributed by atoms with Crippen molar-refractivity contribution in [2.45, 2.75) is 44.2 Å². The first kappa shape index (κ1) is 21.8. The average molecular weight is 442 g/mol. The molecule has 0 radical (unpaired) electrons. The largest absolute Gasteiger partial charge is 0.480 e. The molecule has 1 aromatic carbocycles. The summed E-state index contributed by atoms with van der Waals surface area (Å²) < 4.78 is 0. The maximum absolute atomic E-state index is 12.7. The monoisotopic (exact) mass is 442 g/mol. The zero-order valence-electron chi connectivity index (χ0n) is 18.0. The molecule has 2 heterocycles. The third-order valence-corrected chi connectivity index (χ3v) is 6.43. The minimum Gasteiger partial charge on any atom is -0.480 e. The van der Waals surface area contributed by atoms with Gasteiger partial charge in [-0.15, -0.1) is 0 Å². The second-order valence-corrected chi connectivity index (χ2v) is 8.82. The molecule has 2 N–H and O–H groups in total. The summed E-state index contributed by atoms with van der Waals surface area (Å²) >= 11 is 0. The van der Waals surface area contributed by atoms with E-state index >= 15 is 0 Å². The van der Waals surface area contributed by atoms with Gasteiger partial charge in [0.05, 0.1) is 5.69 Å². The third kappa shape index (κ3) is 3.59. The van der Waals surface area contributed by atoms with Crippen LogP contribution in [0.15, 0.2) is 24.3 Å². The average Bonchev–Trinajstić information content (AvgIpc) is 3.35. The molecule has 0 unspecified atom stereocenters. The van der Waals surface area contributed by atoms with Gasteiger partial charge in [0, 0.05) is 27.1 Å². The molecule has 2 aliphatic heterocycles. The molecule has 1 aromatic rings. The highest BCUT2D eigenvalue weighted by Crippen LogP contribution is 2.47. The lowest BCUT2D eigenvalue weighted by Gasteiger charge is -2.22. The molecular weight excluding hydrogens is 416 g/mol. The second-order valence-electron chi connectivity index (χ2n) is 8.82. The normalized spacial score (nSPS) is 21.9. The van der Waals surface area contributed by atoms with Gasteiger partial charge in [0.1, 0.15) is 17.5 Å². The van der Waals surface area contributed by atoms with E-state index in [9.17, 15) is 29.1 Å². The highest BCUT2D eigenvalue weighted by Gasteiger charge is 2.57. The number of benzene rings is 1. The van der Waals surface area contributed by atoms with Crippen molar-refractivity contribution >= 4 is 35.4 Å². The molecular formula is C22H26N4O6. The van der Waals surface area contributed by atoms with Crippen molar-refractivity contribution in [3.05, 3.63) is 29.8 Å². The first-order valence-corrected chi connectivity index (χ1v) is 10.6. The number of urea groups is 1. The van der Waals surface area contributed by atoms with Gasteiger partial charge in [0.15, 0.2) is 0 Å². The lowest BCUT2D eigenvalue weighted by Crippen LogP contribution is -2.49. The lowest BCUT2D eigenvalue weighted by molar-refractivity contribution is -0.147. The summed E-state index contributed by atoms with van der Waals surface area (Å²) in [5.74, 6) is -2.35. The minimum absolute atomic E-state index is 0.00420. The standard InChI is InChI=1S/C22H26N4O6/c1-24(2)20(31)22(9-10-22)19(30)23-15(18(28)29)12-13-5-7-14(8-6-13)26-17(27)16-4-3-11-25(16)21(26)32/h5-8,15-16H,3-4,9-12H2,1-2H3,(H,23,30)(H,28,29)/t15-,16-/m0/s1. The number of anilines is 1. The SMILES string of the molecule is CN(C)C(=O)C1(C(=O)N[C@@H](Cc2ccc(N3C(=O)[C@@H]4CCCN4C3=O)cc2)C(=O)O)CC1. The van der Waals surface area contributed by atoms with Crippen LogP contribution in [0.5, 0.6) is 0 Å². The molecule has 2 saturated heterocycles. The van der Waals surface area contributed by atoms with E-state index in [0.29, 0.717) is 37.1 Å². The van der Waals surface area contributed by atoms with Gasteiger partial charge in [-0.25, -0.2) is 14.5 Å². The molecule has 10 heteroatoms. The van der Waals surface area contributed by atoms with E-state index in [2.05, 4.69) is 5.32 Å². The summed E-state index contributed by atoms with van der Waals surface area (Å²) in [7, 11) is 3.12. The van der Waals surface area contributed by atoms with Crippen molar-refractivity contribution < 1.29 is 29.1 Å². The van der Waals surface area contributed by atoms with E-state index < -0.39 is 29.4 Å². The predicted molar refractivity (Wildman–Crippen MR) is 113 cm³/mol. The lowest BCUT2D eigenvalue weighted by atomic mass is 10.0. The first-order chi connectivity index (χ1) is 15.2. The third-order valence-electron chi connectivity index (χ3n) is 6.43. The Morgan fingerprint density at radius 1 is 1.19 bits per heavy atom. The van der Waals surface area contributed by atoms with Crippen LogP contribution in [-0.4, -0.2) is 77.4 Å². The number of rotatable bonds is 7. The van der Waals surface area contributed by atoms with Crippen LogP contribution in [0.4, 0.5) is 10.5 Å². The summed E-state index contributed by atoms with van der Waals surface area (Å²) in [5, 5.41) is 12.1. The van der Waals surface area contributed by atoms with Gasteiger partial charge in [-0.1, -0.05) is 12.1 Å². The molecule has 170 valence electrons. The number of imide groups is 1. The highest BCUT2D eigenvalue weighted by atomic mass is 16.4. The molecule has 3 aliphatic rings. The number of hydrogen-bond acceptors (Lipinski definition) is 5. The quantitative estimate of drug-likeness (QED) is 0.470. The molecule has 10 nitrogen and oxygen atoms in total. The fourth-order valence-electron chi connectivity index (χ4n) is 4.47. The number of nitrogens with one attached hydrogen (secondary N) is 1. The van der Waals surface area contributed by atoms with E-state index in [1.807, 2.05) is 0 Å². The van der Waals surface area contributed by atoms with Crippen LogP contribution >= 0.6 is 0 Å². The van der Waals surface area contributed by atoms with Crippen LogP contribution in [0.25, 0.3) is 0 Å². The van der Waals surface area contributed by atoms with E-state index in [1.54, 1.807) is 43.3 Å². The highest BCUT2D eigenvalue weighted by molar-refractivity contribution is 6.21. The summed E-state index contributed by atoms with van der Waals surface area (Å²) in [6.07, 6.45) is 2.28. The van der Waals surface area contributed by atoms with E-state index in [-0.39, 0.29) is 24.3 Å². The number of carboxylic acids is 1.